The fraction of sp³-hybridized carbons (Fsp3) is 0.182. The Kier molecular flexibility index (Phi) is 3.42. The zero-order valence-electron chi connectivity index (χ0n) is 9.66. The Morgan fingerprint density at radius 3 is 2.89 bits per heavy atom. The second-order valence-electron chi connectivity index (χ2n) is 3.78. The van der Waals surface area contributed by atoms with E-state index in [9.17, 15) is 10.1 Å². The largest absolute Gasteiger partial charge is 0.384 e. The molecule has 2 aromatic heterocycles. The summed E-state index contributed by atoms with van der Waals surface area (Å²) < 4.78 is 0. The zero-order chi connectivity index (χ0) is 13.1. The summed E-state index contributed by atoms with van der Waals surface area (Å²) in [5.41, 5.74) is 6.53. The van der Waals surface area contributed by atoms with Crippen molar-refractivity contribution in [2.45, 2.75) is 13.0 Å². The summed E-state index contributed by atoms with van der Waals surface area (Å²) in [4.78, 5) is 14.4. The molecule has 2 aromatic rings. The standard InChI is InChI=1S/C11H12N4O2S/c1-7(8-4-5-18-6-8)13-11-9(15(16)17)2-3-10(12)14-11/h2-7H,1H3,(H3,12,13,14). The molecule has 0 bridgehead atoms. The molecule has 18 heavy (non-hydrogen) atoms. The first kappa shape index (κ1) is 12.3. The Morgan fingerprint density at radius 2 is 2.28 bits per heavy atom. The van der Waals surface area contributed by atoms with Crippen LogP contribution in [0.25, 0.3) is 0 Å². The molecule has 0 aromatic carbocycles. The third kappa shape index (κ3) is 2.57. The lowest BCUT2D eigenvalue weighted by atomic mass is 10.2. The van der Waals surface area contributed by atoms with Crippen molar-refractivity contribution < 1.29 is 4.92 Å². The summed E-state index contributed by atoms with van der Waals surface area (Å²) in [5, 5.41) is 17.8. The van der Waals surface area contributed by atoms with Gasteiger partial charge in [-0.2, -0.15) is 11.3 Å². The molecular weight excluding hydrogens is 252 g/mol. The summed E-state index contributed by atoms with van der Waals surface area (Å²) in [5.74, 6) is 0.444. The number of hydrogen-bond acceptors (Lipinski definition) is 6. The second-order valence-corrected chi connectivity index (χ2v) is 4.56. The summed E-state index contributed by atoms with van der Waals surface area (Å²) in [6.07, 6.45) is 0. The SMILES string of the molecule is CC(Nc1nc(N)ccc1[N+](=O)[O-])c1ccsc1. The van der Waals surface area contributed by atoms with E-state index >= 15 is 0 Å². The van der Waals surface area contributed by atoms with E-state index in [1.54, 1.807) is 11.3 Å². The molecule has 0 spiro atoms. The van der Waals surface area contributed by atoms with Crippen molar-refractivity contribution >= 4 is 28.7 Å². The topological polar surface area (TPSA) is 94.1 Å². The van der Waals surface area contributed by atoms with Crippen LogP contribution >= 0.6 is 11.3 Å². The molecule has 0 radical (unpaired) electrons. The maximum atomic E-state index is 10.9. The monoisotopic (exact) mass is 264 g/mol. The minimum absolute atomic E-state index is 0.0655. The Bertz CT molecular complexity index is 556. The van der Waals surface area contributed by atoms with Crippen LogP contribution in [0, 0.1) is 10.1 Å². The number of anilines is 2. The van der Waals surface area contributed by atoms with Gasteiger partial charge in [-0.05, 0) is 35.4 Å². The van der Waals surface area contributed by atoms with Crippen molar-refractivity contribution in [2.75, 3.05) is 11.1 Å². The van der Waals surface area contributed by atoms with Crippen LogP contribution in [0.2, 0.25) is 0 Å². The summed E-state index contributed by atoms with van der Waals surface area (Å²) >= 11 is 1.57. The van der Waals surface area contributed by atoms with Gasteiger partial charge in [-0.25, -0.2) is 4.98 Å². The smallest absolute Gasteiger partial charge is 0.311 e. The van der Waals surface area contributed by atoms with Gasteiger partial charge in [0.1, 0.15) is 5.82 Å². The normalized spacial score (nSPS) is 12.1. The maximum Gasteiger partial charge on any atom is 0.311 e. The Morgan fingerprint density at radius 1 is 1.50 bits per heavy atom. The number of aromatic nitrogens is 1. The Labute approximate surface area is 108 Å². The van der Waals surface area contributed by atoms with Crippen molar-refractivity contribution in [2.24, 2.45) is 0 Å². The average Bonchev–Trinajstić information content (AvgIpc) is 2.81. The fourth-order valence-corrected chi connectivity index (χ4v) is 2.28. The molecule has 0 amide bonds. The molecule has 2 heterocycles. The molecule has 0 aliphatic carbocycles. The number of pyridine rings is 1. The van der Waals surface area contributed by atoms with Gasteiger partial charge < -0.3 is 11.1 Å². The van der Waals surface area contributed by atoms with E-state index in [1.807, 2.05) is 23.8 Å². The molecule has 2 rings (SSSR count). The first-order valence-electron chi connectivity index (χ1n) is 5.27. The van der Waals surface area contributed by atoms with Crippen molar-refractivity contribution in [3.63, 3.8) is 0 Å². The van der Waals surface area contributed by atoms with E-state index in [2.05, 4.69) is 10.3 Å². The summed E-state index contributed by atoms with van der Waals surface area (Å²) in [6, 6.07) is 4.66. The molecule has 0 fully saturated rings. The van der Waals surface area contributed by atoms with Gasteiger partial charge in [-0.1, -0.05) is 0 Å². The van der Waals surface area contributed by atoms with Crippen molar-refractivity contribution in [1.82, 2.24) is 4.98 Å². The van der Waals surface area contributed by atoms with Crippen LogP contribution in [-0.4, -0.2) is 9.91 Å². The lowest BCUT2D eigenvalue weighted by Crippen LogP contribution is -2.10. The van der Waals surface area contributed by atoms with Gasteiger partial charge in [0.25, 0.3) is 0 Å². The van der Waals surface area contributed by atoms with E-state index in [0.29, 0.717) is 0 Å². The van der Waals surface area contributed by atoms with Crippen molar-refractivity contribution in [3.05, 3.63) is 44.6 Å². The molecule has 3 N–H and O–H groups in total. The molecular formula is C11H12N4O2S. The molecule has 7 heteroatoms. The van der Waals surface area contributed by atoms with Crippen LogP contribution in [0.1, 0.15) is 18.5 Å². The molecule has 1 unspecified atom stereocenters. The van der Waals surface area contributed by atoms with Gasteiger partial charge >= 0.3 is 5.69 Å². The highest BCUT2D eigenvalue weighted by Gasteiger charge is 2.17. The quantitative estimate of drug-likeness (QED) is 0.654. The molecule has 1 atom stereocenters. The van der Waals surface area contributed by atoms with E-state index < -0.39 is 4.92 Å². The number of nitrogens with one attached hydrogen (secondary N) is 1. The minimum atomic E-state index is -0.477. The van der Waals surface area contributed by atoms with Crippen LogP contribution in [0.4, 0.5) is 17.3 Å². The zero-order valence-corrected chi connectivity index (χ0v) is 10.5. The average molecular weight is 264 g/mol. The van der Waals surface area contributed by atoms with E-state index in [0.717, 1.165) is 5.56 Å². The number of rotatable bonds is 4. The summed E-state index contributed by atoms with van der Waals surface area (Å²) in [6.45, 7) is 1.91. The van der Waals surface area contributed by atoms with Gasteiger partial charge in [0, 0.05) is 6.07 Å². The number of nitrogens with zero attached hydrogens (tertiary/aromatic N) is 2. The van der Waals surface area contributed by atoms with Crippen LogP contribution in [-0.2, 0) is 0 Å². The van der Waals surface area contributed by atoms with Gasteiger partial charge in [0.15, 0.2) is 0 Å². The van der Waals surface area contributed by atoms with Crippen molar-refractivity contribution in [3.8, 4) is 0 Å². The van der Waals surface area contributed by atoms with E-state index in [1.165, 1.54) is 12.1 Å². The first-order chi connectivity index (χ1) is 8.58. The highest BCUT2D eigenvalue weighted by Crippen LogP contribution is 2.27. The van der Waals surface area contributed by atoms with Gasteiger partial charge in [-0.15, -0.1) is 0 Å². The van der Waals surface area contributed by atoms with Gasteiger partial charge in [0.05, 0.1) is 11.0 Å². The molecule has 94 valence electrons. The predicted molar refractivity (Wildman–Crippen MR) is 71.7 cm³/mol. The highest BCUT2D eigenvalue weighted by atomic mass is 32.1. The first-order valence-corrected chi connectivity index (χ1v) is 6.21. The molecule has 0 saturated heterocycles. The number of thiophene rings is 1. The maximum absolute atomic E-state index is 10.9. The van der Waals surface area contributed by atoms with Gasteiger partial charge in [-0.3, -0.25) is 10.1 Å². The lowest BCUT2D eigenvalue weighted by Gasteiger charge is -2.13. The third-order valence-electron chi connectivity index (χ3n) is 2.49. The van der Waals surface area contributed by atoms with Crippen LogP contribution in [0.15, 0.2) is 29.0 Å². The van der Waals surface area contributed by atoms with Crippen LogP contribution < -0.4 is 11.1 Å². The van der Waals surface area contributed by atoms with E-state index in [-0.39, 0.29) is 23.4 Å². The number of nitro groups is 1. The molecule has 0 aliphatic heterocycles. The van der Waals surface area contributed by atoms with Crippen molar-refractivity contribution in [1.29, 1.82) is 0 Å². The third-order valence-corrected chi connectivity index (χ3v) is 3.19. The second kappa shape index (κ2) is 5.01. The lowest BCUT2D eigenvalue weighted by molar-refractivity contribution is -0.384. The Hall–Kier alpha value is -2.15. The Balaban J connectivity index is 2.28. The summed E-state index contributed by atoms with van der Waals surface area (Å²) in [7, 11) is 0. The van der Waals surface area contributed by atoms with E-state index in [4.69, 9.17) is 5.73 Å². The minimum Gasteiger partial charge on any atom is -0.384 e. The number of hydrogen-bond donors (Lipinski definition) is 2. The molecule has 0 aliphatic rings. The number of nitrogens with two attached hydrogens (primary N) is 1. The van der Waals surface area contributed by atoms with Gasteiger partial charge in [0.2, 0.25) is 5.82 Å². The molecule has 0 saturated carbocycles. The predicted octanol–water partition coefficient (Wildman–Crippen LogP) is 2.81. The van der Waals surface area contributed by atoms with Crippen LogP contribution in [0.5, 0.6) is 0 Å². The van der Waals surface area contributed by atoms with Crippen LogP contribution in [0.3, 0.4) is 0 Å². The fourth-order valence-electron chi connectivity index (χ4n) is 1.53. The molecule has 6 nitrogen and oxygen atoms in total. The highest BCUT2D eigenvalue weighted by molar-refractivity contribution is 7.07. The number of nitrogen functional groups attached to an aromatic ring is 1.